The van der Waals surface area contributed by atoms with Crippen LogP contribution >= 0.6 is 0 Å². The Kier molecular flexibility index (Phi) is 7.53. The first-order valence-corrected chi connectivity index (χ1v) is 11.2. The highest BCUT2D eigenvalue weighted by Gasteiger charge is 2.29. The Bertz CT molecular complexity index is 1210. The number of hydrogen-bond acceptors (Lipinski definition) is 8. The summed E-state index contributed by atoms with van der Waals surface area (Å²) in [5, 5.41) is 20.9. The van der Waals surface area contributed by atoms with Crippen molar-refractivity contribution in [2.24, 2.45) is 0 Å². The van der Waals surface area contributed by atoms with Gasteiger partial charge in [0.2, 0.25) is 5.82 Å². The zero-order valence-electron chi connectivity index (χ0n) is 19.5. The first-order valence-electron chi connectivity index (χ1n) is 11.2. The third-order valence-corrected chi connectivity index (χ3v) is 5.74. The number of ether oxygens (including phenoxy) is 1. The van der Waals surface area contributed by atoms with Crippen molar-refractivity contribution in [3.63, 3.8) is 0 Å². The van der Waals surface area contributed by atoms with E-state index in [-0.39, 0.29) is 12.6 Å². The number of alkyl halides is 2. The lowest BCUT2D eigenvalue weighted by molar-refractivity contribution is 0.0196. The lowest BCUT2D eigenvalue weighted by atomic mass is 9.83. The van der Waals surface area contributed by atoms with E-state index in [0.29, 0.717) is 51.9 Å². The Morgan fingerprint density at radius 2 is 2.06 bits per heavy atom. The molecule has 0 atom stereocenters. The van der Waals surface area contributed by atoms with Gasteiger partial charge in [0.05, 0.1) is 11.3 Å². The SMILES string of the molecule is COCC#Cc1nccc(Nc2cc(NC3CCC(C)(O)CC3)c(-c3ccn(C(F)F)n3)cn2)n1. The molecule has 0 aromatic carbocycles. The molecule has 184 valence electrons. The normalized spacial score (nSPS) is 19.8. The fraction of sp³-hybridized carbons (Fsp3) is 0.417. The standard InChI is InChI=1S/C24H27F2N7O2/c1-24(34)9-5-16(6-10-24)29-19-14-22(28-15-17(19)18-8-12-33(32-18)23(25)26)31-21-7-11-27-20(30-21)4-3-13-35-2/h7-8,11-12,14-16,23,34H,5-6,9-10,13H2,1-2H3,(H2,27,28,29,30,31). The van der Waals surface area contributed by atoms with Crippen LogP contribution in [0.1, 0.15) is 45.0 Å². The van der Waals surface area contributed by atoms with Crippen LogP contribution in [-0.2, 0) is 4.74 Å². The van der Waals surface area contributed by atoms with Gasteiger partial charge in [-0.05, 0) is 50.7 Å². The lowest BCUT2D eigenvalue weighted by Crippen LogP contribution is -2.35. The molecule has 11 heteroatoms. The number of aliphatic hydroxyl groups is 1. The molecule has 3 aromatic rings. The molecule has 9 nitrogen and oxygen atoms in total. The van der Waals surface area contributed by atoms with Crippen LogP contribution in [0.5, 0.6) is 0 Å². The summed E-state index contributed by atoms with van der Waals surface area (Å²) in [6, 6.07) is 5.13. The Morgan fingerprint density at radius 3 is 2.77 bits per heavy atom. The molecule has 0 saturated heterocycles. The summed E-state index contributed by atoms with van der Waals surface area (Å²) in [6.07, 6.45) is 7.30. The minimum absolute atomic E-state index is 0.114. The average Bonchev–Trinajstić information content (AvgIpc) is 3.32. The van der Waals surface area contributed by atoms with Gasteiger partial charge >= 0.3 is 6.55 Å². The third-order valence-electron chi connectivity index (χ3n) is 5.74. The number of methoxy groups -OCH3 is 1. The van der Waals surface area contributed by atoms with Gasteiger partial charge in [-0.1, -0.05) is 5.92 Å². The van der Waals surface area contributed by atoms with E-state index in [1.165, 1.54) is 12.3 Å². The van der Waals surface area contributed by atoms with Gasteiger partial charge in [-0.15, -0.1) is 0 Å². The van der Waals surface area contributed by atoms with Gasteiger partial charge < -0.3 is 20.5 Å². The number of hydrogen-bond donors (Lipinski definition) is 3. The highest BCUT2D eigenvalue weighted by molar-refractivity contribution is 5.77. The Labute approximate surface area is 202 Å². The molecular formula is C24H27F2N7O2. The number of nitrogens with one attached hydrogen (secondary N) is 2. The van der Waals surface area contributed by atoms with Crippen molar-refractivity contribution in [3.8, 4) is 23.1 Å². The number of halogens is 2. The molecule has 0 amide bonds. The number of rotatable bonds is 7. The summed E-state index contributed by atoms with van der Waals surface area (Å²) >= 11 is 0. The second-order valence-electron chi connectivity index (χ2n) is 8.61. The summed E-state index contributed by atoms with van der Waals surface area (Å²) in [6.45, 7) is -0.610. The quantitative estimate of drug-likeness (QED) is 0.433. The molecule has 0 unspecified atom stereocenters. The smallest absolute Gasteiger partial charge is 0.333 e. The van der Waals surface area contributed by atoms with E-state index in [1.54, 1.807) is 31.6 Å². The summed E-state index contributed by atoms with van der Waals surface area (Å²) in [4.78, 5) is 12.9. The third kappa shape index (κ3) is 6.49. The highest BCUT2D eigenvalue weighted by atomic mass is 19.3. The van der Waals surface area contributed by atoms with Crippen LogP contribution in [-0.4, -0.2) is 55.2 Å². The molecular weight excluding hydrogens is 456 g/mol. The van der Waals surface area contributed by atoms with E-state index < -0.39 is 12.2 Å². The number of pyridine rings is 1. The number of aromatic nitrogens is 5. The first-order chi connectivity index (χ1) is 16.8. The maximum Gasteiger partial charge on any atom is 0.333 e. The molecule has 0 radical (unpaired) electrons. The van der Waals surface area contributed by atoms with Gasteiger partial charge in [-0.3, -0.25) is 0 Å². The molecule has 1 aliphatic carbocycles. The van der Waals surface area contributed by atoms with Gasteiger partial charge in [-0.2, -0.15) is 13.9 Å². The molecule has 1 fully saturated rings. The van der Waals surface area contributed by atoms with Crippen LogP contribution in [0.4, 0.5) is 26.1 Å². The monoisotopic (exact) mass is 483 g/mol. The summed E-state index contributed by atoms with van der Waals surface area (Å²) in [7, 11) is 1.56. The van der Waals surface area contributed by atoms with E-state index in [1.807, 2.05) is 6.92 Å². The first kappa shape index (κ1) is 24.5. The maximum absolute atomic E-state index is 13.1. The molecule has 0 bridgehead atoms. The van der Waals surface area contributed by atoms with Crippen LogP contribution in [0.2, 0.25) is 0 Å². The van der Waals surface area contributed by atoms with Crippen molar-refractivity contribution < 1.29 is 18.6 Å². The van der Waals surface area contributed by atoms with Gasteiger partial charge in [-0.25, -0.2) is 19.6 Å². The minimum atomic E-state index is -2.73. The summed E-state index contributed by atoms with van der Waals surface area (Å²) < 4.78 is 31.7. The average molecular weight is 484 g/mol. The van der Waals surface area contributed by atoms with Crippen LogP contribution in [0, 0.1) is 11.8 Å². The molecule has 4 rings (SSSR count). The Morgan fingerprint density at radius 1 is 1.26 bits per heavy atom. The van der Waals surface area contributed by atoms with Crippen molar-refractivity contribution in [3.05, 3.63) is 42.6 Å². The predicted octanol–water partition coefficient (Wildman–Crippen LogP) is 3.98. The van der Waals surface area contributed by atoms with E-state index >= 15 is 0 Å². The van der Waals surface area contributed by atoms with E-state index in [4.69, 9.17) is 4.74 Å². The van der Waals surface area contributed by atoms with Crippen LogP contribution < -0.4 is 10.6 Å². The maximum atomic E-state index is 13.1. The predicted molar refractivity (Wildman–Crippen MR) is 127 cm³/mol. The van der Waals surface area contributed by atoms with E-state index in [2.05, 4.69) is 42.5 Å². The topological polar surface area (TPSA) is 110 Å². The lowest BCUT2D eigenvalue weighted by Gasteiger charge is -2.34. The largest absolute Gasteiger partial charge is 0.390 e. The van der Waals surface area contributed by atoms with Gasteiger partial charge in [0.25, 0.3) is 0 Å². The highest BCUT2D eigenvalue weighted by Crippen LogP contribution is 2.34. The van der Waals surface area contributed by atoms with Crippen molar-refractivity contribution in [2.75, 3.05) is 24.4 Å². The minimum Gasteiger partial charge on any atom is -0.390 e. The molecule has 1 aliphatic rings. The van der Waals surface area contributed by atoms with Crippen LogP contribution in [0.25, 0.3) is 11.3 Å². The molecule has 3 aromatic heterocycles. The van der Waals surface area contributed by atoms with Crippen molar-refractivity contribution >= 4 is 17.3 Å². The van der Waals surface area contributed by atoms with Crippen molar-refractivity contribution in [1.82, 2.24) is 24.7 Å². The van der Waals surface area contributed by atoms with Gasteiger partial charge in [0.15, 0.2) is 0 Å². The summed E-state index contributed by atoms with van der Waals surface area (Å²) in [5.74, 6) is 6.98. The van der Waals surface area contributed by atoms with Crippen LogP contribution in [0.3, 0.4) is 0 Å². The zero-order valence-corrected chi connectivity index (χ0v) is 19.5. The van der Waals surface area contributed by atoms with Crippen LogP contribution in [0.15, 0.2) is 36.8 Å². The number of anilines is 3. The van der Waals surface area contributed by atoms with Crippen molar-refractivity contribution in [2.45, 2.75) is 50.8 Å². The summed E-state index contributed by atoms with van der Waals surface area (Å²) in [5.41, 5.74) is 1.01. The molecule has 3 heterocycles. The number of nitrogens with zero attached hydrogens (tertiary/aromatic N) is 5. The molecule has 35 heavy (non-hydrogen) atoms. The second kappa shape index (κ2) is 10.8. The second-order valence-corrected chi connectivity index (χ2v) is 8.61. The molecule has 3 N–H and O–H groups in total. The fourth-order valence-electron chi connectivity index (χ4n) is 3.85. The fourth-order valence-corrected chi connectivity index (χ4v) is 3.85. The van der Waals surface area contributed by atoms with Gasteiger partial charge in [0, 0.05) is 49.1 Å². The molecule has 0 aliphatic heterocycles. The Balaban J connectivity index is 1.60. The molecule has 1 saturated carbocycles. The van der Waals surface area contributed by atoms with E-state index in [0.717, 1.165) is 12.8 Å². The Hall–Kier alpha value is -3.62. The van der Waals surface area contributed by atoms with E-state index in [9.17, 15) is 13.9 Å². The van der Waals surface area contributed by atoms with Gasteiger partial charge in [0.1, 0.15) is 18.2 Å². The van der Waals surface area contributed by atoms with Crippen molar-refractivity contribution in [1.29, 1.82) is 0 Å². The zero-order chi connectivity index (χ0) is 24.8. The molecule has 0 spiro atoms.